The molecule has 146 valence electrons. The molecule has 0 saturated heterocycles. The highest BCUT2D eigenvalue weighted by Gasteiger charge is 2.44. The quantitative estimate of drug-likeness (QED) is 0.192. The fourth-order valence-corrected chi connectivity index (χ4v) is 5.32. The Labute approximate surface area is 176 Å². The van der Waals surface area contributed by atoms with Crippen molar-refractivity contribution in [1.82, 2.24) is 0 Å². The maximum Gasteiger partial charge on any atom is 0.101 e. The Kier molecular flexibility index (Phi) is 4.34. The lowest BCUT2D eigenvalue weighted by Gasteiger charge is -2.28. The summed E-state index contributed by atoms with van der Waals surface area (Å²) < 4.78 is 0. The van der Waals surface area contributed by atoms with Gasteiger partial charge in [0.25, 0.3) is 0 Å². The van der Waals surface area contributed by atoms with Gasteiger partial charge in [-0.1, -0.05) is 97.3 Å². The summed E-state index contributed by atoms with van der Waals surface area (Å²) in [4.78, 5) is 3.36. The molecule has 0 amide bonds. The van der Waals surface area contributed by atoms with Crippen LogP contribution in [-0.2, 0) is 5.54 Å². The van der Waals surface area contributed by atoms with Crippen LogP contribution >= 0.6 is 0 Å². The number of hydrogen-bond donors (Lipinski definition) is 0. The third kappa shape index (κ3) is 2.43. The highest BCUT2D eigenvalue weighted by atomic mass is 15.2. The Morgan fingerprint density at radius 3 is 2.23 bits per heavy atom. The number of rotatable bonds is 4. The van der Waals surface area contributed by atoms with Crippen LogP contribution in [0.2, 0.25) is 0 Å². The summed E-state index contributed by atoms with van der Waals surface area (Å²) in [7, 11) is 0. The van der Waals surface area contributed by atoms with Crippen LogP contribution in [-0.4, -0.2) is 0 Å². The van der Waals surface area contributed by atoms with Gasteiger partial charge in [-0.15, -0.1) is 0 Å². The number of hydrogen-bond acceptors (Lipinski definition) is 1. The van der Waals surface area contributed by atoms with Crippen LogP contribution in [0, 0.1) is 6.92 Å². The number of fused-ring (bicyclic) bond motifs is 5. The predicted molar refractivity (Wildman–Crippen MR) is 124 cm³/mol. The average Bonchev–Trinajstić information content (AvgIpc) is 3.06. The van der Waals surface area contributed by atoms with Crippen molar-refractivity contribution in [1.29, 1.82) is 0 Å². The van der Waals surface area contributed by atoms with Gasteiger partial charge < -0.3 is 0 Å². The normalized spacial score (nSPS) is 16.7. The maximum absolute atomic E-state index is 9.64. The van der Waals surface area contributed by atoms with Gasteiger partial charge >= 0.3 is 0 Å². The minimum atomic E-state index is -0.688. The molecule has 1 unspecified atom stereocenters. The lowest BCUT2D eigenvalue weighted by molar-refractivity contribution is 0.498. The van der Waals surface area contributed by atoms with E-state index in [1.807, 2.05) is 0 Å². The summed E-state index contributed by atoms with van der Waals surface area (Å²) in [5.74, 6) is 0. The summed E-state index contributed by atoms with van der Waals surface area (Å²) in [6.07, 6.45) is 1.71. The molecular weight excluding hydrogens is 366 g/mol. The standard InChI is InChI=1S/C27H23N3/c1-3-17-27(29-30-28)23-16-10-9-15-22(23)25-24(19-11-5-4-6-12-19)18(2)20-13-7-8-14-21(20)26(25)27/h4-16H,3,17H2,1-2H3. The minimum Gasteiger partial charge on any atom is -0.0777 e. The van der Waals surface area contributed by atoms with E-state index in [9.17, 15) is 5.53 Å². The highest BCUT2D eigenvalue weighted by molar-refractivity contribution is 6.07. The molecule has 0 bridgehead atoms. The van der Waals surface area contributed by atoms with Crippen LogP contribution in [0.25, 0.3) is 43.5 Å². The van der Waals surface area contributed by atoms with Crippen molar-refractivity contribution in [2.45, 2.75) is 32.2 Å². The Balaban J connectivity index is 2.06. The Bertz CT molecular complexity index is 1320. The molecule has 5 rings (SSSR count). The van der Waals surface area contributed by atoms with Crippen LogP contribution in [0.4, 0.5) is 0 Å². The number of nitrogens with zero attached hydrogens (tertiary/aromatic N) is 3. The van der Waals surface area contributed by atoms with Gasteiger partial charge in [0.1, 0.15) is 5.54 Å². The topological polar surface area (TPSA) is 48.8 Å². The van der Waals surface area contributed by atoms with Gasteiger partial charge in [-0.25, -0.2) is 0 Å². The van der Waals surface area contributed by atoms with E-state index in [1.165, 1.54) is 38.6 Å². The first-order valence-electron chi connectivity index (χ1n) is 10.5. The van der Waals surface area contributed by atoms with Gasteiger partial charge in [0, 0.05) is 4.91 Å². The molecule has 0 N–H and O–H groups in total. The number of azide groups is 1. The second-order valence-corrected chi connectivity index (χ2v) is 8.01. The Morgan fingerprint density at radius 1 is 0.833 bits per heavy atom. The fraction of sp³-hybridized carbons (Fsp3) is 0.185. The summed E-state index contributed by atoms with van der Waals surface area (Å²) in [5.41, 5.74) is 17.3. The largest absolute Gasteiger partial charge is 0.101 e. The second kappa shape index (κ2) is 7.05. The van der Waals surface area contributed by atoms with E-state index in [2.05, 4.69) is 103 Å². The van der Waals surface area contributed by atoms with E-state index >= 15 is 0 Å². The highest BCUT2D eigenvalue weighted by Crippen LogP contribution is 2.58. The van der Waals surface area contributed by atoms with Crippen molar-refractivity contribution in [2.24, 2.45) is 5.11 Å². The molecule has 4 aromatic rings. The first kappa shape index (κ1) is 18.5. The molecule has 3 nitrogen and oxygen atoms in total. The SMILES string of the molecule is CCCC1(N=[N+]=[N-])c2ccccc2-c2c(-c3ccccc3)c(C)c3ccccc3c21. The number of aryl methyl sites for hydroxylation is 1. The van der Waals surface area contributed by atoms with Gasteiger partial charge in [-0.05, 0) is 68.6 Å². The molecule has 0 aromatic heterocycles. The second-order valence-electron chi connectivity index (χ2n) is 8.01. The molecule has 1 aliphatic carbocycles. The molecule has 4 aromatic carbocycles. The van der Waals surface area contributed by atoms with E-state index in [4.69, 9.17) is 0 Å². The van der Waals surface area contributed by atoms with E-state index < -0.39 is 5.54 Å². The monoisotopic (exact) mass is 389 g/mol. The van der Waals surface area contributed by atoms with Crippen LogP contribution in [0.1, 0.15) is 36.5 Å². The smallest absolute Gasteiger partial charge is 0.0777 e. The molecule has 0 fully saturated rings. The summed E-state index contributed by atoms with van der Waals surface area (Å²) in [6.45, 7) is 4.37. The minimum absolute atomic E-state index is 0.688. The fourth-order valence-electron chi connectivity index (χ4n) is 5.32. The predicted octanol–water partition coefficient (Wildman–Crippen LogP) is 8.15. The first-order chi connectivity index (χ1) is 14.7. The van der Waals surface area contributed by atoms with E-state index in [0.717, 1.165) is 24.0 Å². The van der Waals surface area contributed by atoms with Crippen LogP contribution in [0.3, 0.4) is 0 Å². The van der Waals surface area contributed by atoms with Crippen molar-refractivity contribution >= 4 is 10.8 Å². The van der Waals surface area contributed by atoms with Crippen LogP contribution in [0.5, 0.6) is 0 Å². The van der Waals surface area contributed by atoms with Gasteiger partial charge in [0.05, 0.1) is 0 Å². The summed E-state index contributed by atoms with van der Waals surface area (Å²) in [6, 6.07) is 27.6. The zero-order valence-electron chi connectivity index (χ0n) is 17.3. The zero-order chi connectivity index (χ0) is 20.7. The summed E-state index contributed by atoms with van der Waals surface area (Å²) >= 11 is 0. The van der Waals surface area contributed by atoms with Crippen molar-refractivity contribution < 1.29 is 0 Å². The molecule has 0 aliphatic heterocycles. The summed E-state index contributed by atoms with van der Waals surface area (Å²) in [5, 5.41) is 6.92. The average molecular weight is 390 g/mol. The van der Waals surface area contributed by atoms with Gasteiger partial charge in [0.2, 0.25) is 0 Å². The molecule has 0 spiro atoms. The molecule has 1 aliphatic rings. The van der Waals surface area contributed by atoms with Gasteiger partial charge in [-0.3, -0.25) is 0 Å². The van der Waals surface area contributed by atoms with Gasteiger partial charge in [0.15, 0.2) is 0 Å². The van der Waals surface area contributed by atoms with Crippen molar-refractivity contribution in [3.8, 4) is 22.3 Å². The molecule has 0 heterocycles. The van der Waals surface area contributed by atoms with Crippen LogP contribution in [0.15, 0.2) is 84.0 Å². The van der Waals surface area contributed by atoms with E-state index in [0.29, 0.717) is 0 Å². The van der Waals surface area contributed by atoms with Crippen molar-refractivity contribution in [3.63, 3.8) is 0 Å². The zero-order valence-corrected chi connectivity index (χ0v) is 17.3. The molecule has 3 heteroatoms. The third-order valence-corrected chi connectivity index (χ3v) is 6.42. The molecular formula is C27H23N3. The molecule has 30 heavy (non-hydrogen) atoms. The van der Waals surface area contributed by atoms with Crippen molar-refractivity contribution in [2.75, 3.05) is 0 Å². The molecule has 0 saturated carbocycles. The van der Waals surface area contributed by atoms with Crippen LogP contribution < -0.4 is 0 Å². The lowest BCUT2D eigenvalue weighted by atomic mass is 9.79. The number of benzene rings is 4. The molecule has 0 radical (unpaired) electrons. The lowest BCUT2D eigenvalue weighted by Crippen LogP contribution is -2.22. The maximum atomic E-state index is 9.64. The van der Waals surface area contributed by atoms with Crippen molar-refractivity contribution in [3.05, 3.63) is 106 Å². The molecule has 1 atom stereocenters. The van der Waals surface area contributed by atoms with Gasteiger partial charge in [-0.2, -0.15) is 0 Å². The van der Waals surface area contributed by atoms with E-state index in [1.54, 1.807) is 0 Å². The first-order valence-corrected chi connectivity index (χ1v) is 10.5. The van der Waals surface area contributed by atoms with E-state index in [-0.39, 0.29) is 0 Å². The third-order valence-electron chi connectivity index (χ3n) is 6.42. The Hall–Kier alpha value is -3.55. The Morgan fingerprint density at radius 2 is 1.50 bits per heavy atom.